The van der Waals surface area contributed by atoms with Crippen molar-refractivity contribution >= 4 is 5.69 Å². The van der Waals surface area contributed by atoms with E-state index >= 15 is 0 Å². The Balaban J connectivity index is 3.20. The summed E-state index contributed by atoms with van der Waals surface area (Å²) in [5.74, 6) is -0.826. The van der Waals surface area contributed by atoms with Crippen LogP contribution >= 0.6 is 0 Å². The summed E-state index contributed by atoms with van der Waals surface area (Å²) in [6, 6.07) is 4.11. The van der Waals surface area contributed by atoms with Crippen LogP contribution in [0, 0.1) is 22.7 Å². The van der Waals surface area contributed by atoms with Crippen molar-refractivity contribution in [3.8, 4) is 18.0 Å². The molecule has 1 heterocycles. The van der Waals surface area contributed by atoms with Gasteiger partial charge in [0.1, 0.15) is 6.07 Å². The Morgan fingerprint density at radius 1 is 1.41 bits per heavy atom. The smallest absolute Gasteiger partial charge is 0.398 e. The fraction of sp³-hybridized carbons (Fsp3) is 0.222. The van der Waals surface area contributed by atoms with Crippen LogP contribution in [0.2, 0.25) is 0 Å². The molecule has 2 N–H and O–H groups in total. The van der Waals surface area contributed by atoms with Crippen molar-refractivity contribution in [2.24, 2.45) is 0 Å². The summed E-state index contributed by atoms with van der Waals surface area (Å²) in [4.78, 5) is 3.32. The molecule has 0 fully saturated rings. The van der Waals surface area contributed by atoms with Gasteiger partial charge in [0.05, 0.1) is 12.5 Å². The molecule has 0 aliphatic heterocycles. The van der Waals surface area contributed by atoms with Gasteiger partial charge in [-0.3, -0.25) is 0 Å². The maximum absolute atomic E-state index is 11.9. The molecular weight excluding hydrogens is 237 g/mol. The van der Waals surface area contributed by atoms with Crippen LogP contribution in [0.15, 0.2) is 6.07 Å². The van der Waals surface area contributed by atoms with Crippen molar-refractivity contribution < 1.29 is 17.9 Å². The molecule has 1 aromatic heterocycles. The van der Waals surface area contributed by atoms with Crippen molar-refractivity contribution in [2.45, 2.75) is 12.8 Å². The first kappa shape index (κ1) is 12.6. The Morgan fingerprint density at radius 3 is 2.53 bits per heavy atom. The van der Waals surface area contributed by atoms with Crippen molar-refractivity contribution in [3.63, 3.8) is 0 Å². The second-order valence-corrected chi connectivity index (χ2v) is 2.87. The number of anilines is 1. The van der Waals surface area contributed by atoms with Crippen LogP contribution in [0.1, 0.15) is 11.3 Å². The quantitative estimate of drug-likeness (QED) is 0.847. The monoisotopic (exact) mass is 242 g/mol. The zero-order chi connectivity index (χ0) is 13.1. The van der Waals surface area contributed by atoms with Crippen LogP contribution in [0.4, 0.5) is 18.9 Å². The van der Waals surface area contributed by atoms with Crippen molar-refractivity contribution in [1.29, 1.82) is 10.5 Å². The number of hydrogen-bond acceptors (Lipinski definition) is 5. The first-order chi connectivity index (χ1) is 7.87. The normalized spacial score (nSPS) is 10.4. The lowest BCUT2D eigenvalue weighted by Crippen LogP contribution is -2.18. The molecule has 0 unspecified atom stereocenters. The molecule has 1 aromatic rings. The average Bonchev–Trinajstić information content (AvgIpc) is 2.19. The second-order valence-electron chi connectivity index (χ2n) is 2.87. The summed E-state index contributed by atoms with van der Waals surface area (Å²) in [5.41, 5.74) is 5.00. The van der Waals surface area contributed by atoms with E-state index in [1.807, 2.05) is 0 Å². The topological polar surface area (TPSA) is 95.7 Å². The Hall–Kier alpha value is -2.48. The molecule has 5 nitrogen and oxygen atoms in total. The fourth-order valence-corrected chi connectivity index (χ4v) is 1.09. The van der Waals surface area contributed by atoms with Gasteiger partial charge in [0.25, 0.3) is 0 Å². The molecule has 0 aliphatic rings. The van der Waals surface area contributed by atoms with Crippen molar-refractivity contribution in [2.75, 3.05) is 5.73 Å². The average molecular weight is 242 g/mol. The lowest BCUT2D eigenvalue weighted by atomic mass is 10.1. The number of nitriles is 2. The molecule has 0 spiro atoms. The van der Waals surface area contributed by atoms with E-state index in [2.05, 4.69) is 9.72 Å². The Labute approximate surface area is 93.8 Å². The highest BCUT2D eigenvalue weighted by Gasteiger charge is 2.32. The van der Waals surface area contributed by atoms with Gasteiger partial charge in [-0.1, -0.05) is 0 Å². The van der Waals surface area contributed by atoms with Gasteiger partial charge in [0, 0.05) is 17.3 Å². The maximum Gasteiger partial charge on any atom is 0.574 e. The minimum atomic E-state index is -4.91. The van der Waals surface area contributed by atoms with Gasteiger partial charge >= 0.3 is 6.36 Å². The number of rotatable bonds is 2. The van der Waals surface area contributed by atoms with Crippen molar-refractivity contribution in [1.82, 2.24) is 4.98 Å². The number of pyridine rings is 1. The molecule has 0 amide bonds. The molecule has 0 saturated carbocycles. The molecule has 88 valence electrons. The molecule has 0 bridgehead atoms. The summed E-state index contributed by atoms with van der Waals surface area (Å²) in [5, 5.41) is 17.1. The number of nitrogen functional groups attached to an aromatic ring is 1. The lowest BCUT2D eigenvalue weighted by Gasteiger charge is -2.10. The molecule has 0 aromatic carbocycles. The highest BCUT2D eigenvalue weighted by molar-refractivity contribution is 5.55. The van der Waals surface area contributed by atoms with Crippen LogP contribution in [-0.4, -0.2) is 11.3 Å². The molecule has 0 aliphatic carbocycles. The molecule has 8 heteroatoms. The highest BCUT2D eigenvalue weighted by Crippen LogP contribution is 2.26. The van der Waals surface area contributed by atoms with Crippen molar-refractivity contribution in [3.05, 3.63) is 17.3 Å². The molecule has 0 radical (unpaired) electrons. The van der Waals surface area contributed by atoms with Crippen LogP contribution in [-0.2, 0) is 6.42 Å². The van der Waals surface area contributed by atoms with Crippen LogP contribution in [0.3, 0.4) is 0 Å². The second kappa shape index (κ2) is 4.58. The summed E-state index contributed by atoms with van der Waals surface area (Å²) in [6.07, 6.45) is -5.13. The van der Waals surface area contributed by atoms with Gasteiger partial charge in [0.2, 0.25) is 5.88 Å². The van der Waals surface area contributed by atoms with E-state index in [0.29, 0.717) is 0 Å². The number of hydrogen-bond donors (Lipinski definition) is 1. The number of nitrogens with two attached hydrogens (primary N) is 1. The van der Waals surface area contributed by atoms with Gasteiger partial charge in [0.15, 0.2) is 5.69 Å². The van der Waals surface area contributed by atoms with E-state index in [-0.39, 0.29) is 23.4 Å². The third-order valence-corrected chi connectivity index (χ3v) is 1.72. The van der Waals surface area contributed by atoms with E-state index in [4.69, 9.17) is 16.3 Å². The minimum absolute atomic E-state index is 0.0875. The fourth-order valence-electron chi connectivity index (χ4n) is 1.09. The van der Waals surface area contributed by atoms with Crippen LogP contribution in [0.5, 0.6) is 5.88 Å². The van der Waals surface area contributed by atoms with E-state index in [9.17, 15) is 13.2 Å². The third-order valence-electron chi connectivity index (χ3n) is 1.72. The zero-order valence-corrected chi connectivity index (χ0v) is 8.25. The molecular formula is C9H5F3N4O. The summed E-state index contributed by atoms with van der Waals surface area (Å²) in [7, 11) is 0. The third kappa shape index (κ3) is 3.24. The highest BCUT2D eigenvalue weighted by atomic mass is 19.4. The van der Waals surface area contributed by atoms with Crippen LogP contribution < -0.4 is 10.5 Å². The zero-order valence-electron chi connectivity index (χ0n) is 8.25. The SMILES string of the molecule is N#CCc1c(N)cc(OC(F)(F)F)nc1C#N. The lowest BCUT2D eigenvalue weighted by molar-refractivity contribution is -0.276. The number of aromatic nitrogens is 1. The molecule has 1 rings (SSSR count). The van der Waals surface area contributed by atoms with E-state index in [1.165, 1.54) is 0 Å². The van der Waals surface area contributed by atoms with E-state index < -0.39 is 12.2 Å². The van der Waals surface area contributed by atoms with Gasteiger partial charge < -0.3 is 10.5 Å². The van der Waals surface area contributed by atoms with E-state index in [1.54, 1.807) is 12.1 Å². The van der Waals surface area contributed by atoms with E-state index in [0.717, 1.165) is 6.07 Å². The largest absolute Gasteiger partial charge is 0.574 e. The first-order valence-electron chi connectivity index (χ1n) is 4.19. The molecule has 0 atom stereocenters. The number of ether oxygens (including phenoxy) is 1. The van der Waals surface area contributed by atoms with Gasteiger partial charge in [-0.05, 0) is 0 Å². The predicted octanol–water partition coefficient (Wildman–Crippen LogP) is 1.50. The summed E-state index contributed by atoms with van der Waals surface area (Å²) >= 11 is 0. The number of alkyl halides is 3. The van der Waals surface area contributed by atoms with Gasteiger partial charge in [-0.15, -0.1) is 13.2 Å². The van der Waals surface area contributed by atoms with Crippen LogP contribution in [0.25, 0.3) is 0 Å². The molecule has 0 saturated heterocycles. The summed E-state index contributed by atoms with van der Waals surface area (Å²) < 4.78 is 39.3. The molecule has 17 heavy (non-hydrogen) atoms. The summed E-state index contributed by atoms with van der Waals surface area (Å²) in [6.45, 7) is 0. The maximum atomic E-state index is 11.9. The minimum Gasteiger partial charge on any atom is -0.398 e. The number of nitrogens with zero attached hydrogens (tertiary/aromatic N) is 3. The first-order valence-corrected chi connectivity index (χ1v) is 4.19. The van der Waals surface area contributed by atoms with Gasteiger partial charge in [-0.2, -0.15) is 10.5 Å². The standard InChI is InChI=1S/C9H5F3N4O/c10-9(11,12)17-8-3-6(15)5(1-2-13)7(4-14)16-8/h3H,1H2,(H2,15,16). The Bertz CT molecular complexity index is 513. The van der Waals surface area contributed by atoms with Gasteiger partial charge in [-0.25, -0.2) is 4.98 Å². The predicted molar refractivity (Wildman–Crippen MR) is 49.4 cm³/mol. The Kier molecular flexibility index (Phi) is 3.39. The number of halogens is 3. The Morgan fingerprint density at radius 2 is 2.06 bits per heavy atom.